The van der Waals surface area contributed by atoms with E-state index in [0.29, 0.717) is 23.9 Å². The molecule has 460 valence electrons. The van der Waals surface area contributed by atoms with Gasteiger partial charge in [-0.05, 0) is 148 Å². The molecule has 0 spiro atoms. The first-order valence-electron chi connectivity index (χ1n) is 31.2. The number of rotatable bonds is 54. The van der Waals surface area contributed by atoms with E-state index < -0.39 is 30.3 Å². The molecule has 2 atom stereocenters. The number of unbranched alkanes of at least 4 members (excludes halogenated alkanes) is 5. The molecule has 0 saturated carbocycles. The van der Waals surface area contributed by atoms with E-state index in [-0.39, 0.29) is 32.7 Å². The monoisotopic (exact) mass is 1140 g/mol. The van der Waals surface area contributed by atoms with E-state index in [1.54, 1.807) is 0 Å². The number of aliphatic carboxylic acids is 1. The average Bonchev–Trinajstić information content (AvgIpc) is 3.46. The largest absolute Gasteiger partial charge is 0.545 e. The van der Waals surface area contributed by atoms with Crippen LogP contribution in [0.25, 0.3) is 0 Å². The van der Waals surface area contributed by atoms with Gasteiger partial charge in [0.05, 0.1) is 40.3 Å². The minimum Gasteiger partial charge on any atom is -0.545 e. The molecule has 0 heterocycles. The van der Waals surface area contributed by atoms with Crippen LogP contribution in [0.5, 0.6) is 0 Å². The molecular formula is C74H111NO8. The lowest BCUT2D eigenvalue weighted by atomic mass is 10.1. The normalized spacial score (nSPS) is 14.2. The lowest BCUT2D eigenvalue weighted by Gasteiger charge is -2.26. The molecular weight excluding hydrogens is 1030 g/mol. The highest BCUT2D eigenvalue weighted by molar-refractivity contribution is 5.70. The van der Waals surface area contributed by atoms with Crippen molar-refractivity contribution in [3.8, 4) is 0 Å². The number of carboxylic acids is 1. The van der Waals surface area contributed by atoms with Gasteiger partial charge in [-0.25, -0.2) is 0 Å². The molecule has 0 aromatic rings. The summed E-state index contributed by atoms with van der Waals surface area (Å²) in [5.41, 5.74) is 0. The summed E-state index contributed by atoms with van der Waals surface area (Å²) >= 11 is 0. The third-order valence-electron chi connectivity index (χ3n) is 12.0. The number of quaternary nitrogens is 1. The number of carbonyl (C=O) groups excluding carboxylic acids is 3. The molecule has 0 fully saturated rings. The molecule has 0 bridgehead atoms. The fraction of sp³-hybridized carbons (Fsp3) is 0.500. The van der Waals surface area contributed by atoms with Gasteiger partial charge in [-0.1, -0.05) is 227 Å². The maximum Gasteiger partial charge on any atom is 0.306 e. The number of allylic oxidation sites excluding steroid dienone is 34. The van der Waals surface area contributed by atoms with Crippen molar-refractivity contribution in [2.45, 2.75) is 193 Å². The number of likely N-dealkylation sites (N-methyl/N-ethyl adjacent to an activating group) is 1. The second-order valence-electron chi connectivity index (χ2n) is 20.9. The number of esters is 2. The maximum absolute atomic E-state index is 12.9. The number of hydrogen-bond acceptors (Lipinski definition) is 8. The summed E-state index contributed by atoms with van der Waals surface area (Å²) in [4.78, 5) is 37.4. The summed E-state index contributed by atoms with van der Waals surface area (Å²) in [5.74, 6) is -2.42. The standard InChI is InChI=1S/C74H111NO8/c1-6-8-10-12-14-16-18-20-22-24-26-28-30-32-33-34-35-36-37-38-39-41-43-45-47-49-51-53-55-57-59-61-63-65-72(77)83-70(69-82-74(73(78)79)80-67-66-75(3,4)5)68-81-71(76)64-62-60-58-56-54-52-50-48-46-44-42-40-31-29-27-25-23-21-19-17-15-13-11-9-7-2/h8-11,14-17,20-23,26-29,32-33,35-36,38-40,42-43,45-46,48-49,51-52,54-55,57,70,74H,6-7,12-13,18-19,24-25,30-31,34,37,41,44,47,50,53,56,58-69H2,1-5H3/b10-8-,11-9-,16-14-,17-15-,22-20-,23-21-,28-26-,29-27-,33-32-,36-35-,39-38-,42-40-,45-43-,48-46-,51-49-,54-52-,57-55-. The Labute approximate surface area is 505 Å². The maximum atomic E-state index is 12.9. The van der Waals surface area contributed by atoms with E-state index in [4.69, 9.17) is 18.9 Å². The Balaban J connectivity index is 4.44. The second-order valence-corrected chi connectivity index (χ2v) is 20.9. The fourth-order valence-corrected chi connectivity index (χ4v) is 7.31. The van der Waals surface area contributed by atoms with E-state index in [2.05, 4.69) is 220 Å². The third-order valence-corrected chi connectivity index (χ3v) is 12.0. The number of hydrogen-bond donors (Lipinski definition) is 0. The first kappa shape index (κ1) is 76.9. The van der Waals surface area contributed by atoms with Crippen molar-refractivity contribution in [3.05, 3.63) is 207 Å². The van der Waals surface area contributed by atoms with Crippen molar-refractivity contribution >= 4 is 17.9 Å². The van der Waals surface area contributed by atoms with Crippen LogP contribution < -0.4 is 5.11 Å². The first-order chi connectivity index (χ1) is 40.6. The van der Waals surface area contributed by atoms with Crippen molar-refractivity contribution in [3.63, 3.8) is 0 Å². The Bertz CT molecular complexity index is 2110. The molecule has 0 aromatic carbocycles. The summed E-state index contributed by atoms with van der Waals surface area (Å²) in [5, 5.41) is 11.8. The Morgan fingerprint density at radius 1 is 0.361 bits per heavy atom. The lowest BCUT2D eigenvalue weighted by molar-refractivity contribution is -0.870. The van der Waals surface area contributed by atoms with Crippen LogP contribution in [-0.2, 0) is 33.3 Å². The zero-order valence-electron chi connectivity index (χ0n) is 52.2. The zero-order valence-corrected chi connectivity index (χ0v) is 52.2. The first-order valence-corrected chi connectivity index (χ1v) is 31.2. The van der Waals surface area contributed by atoms with Crippen LogP contribution in [0, 0.1) is 0 Å². The van der Waals surface area contributed by atoms with Crippen molar-refractivity contribution in [2.24, 2.45) is 0 Å². The van der Waals surface area contributed by atoms with E-state index in [1.807, 2.05) is 21.1 Å². The molecule has 0 amide bonds. The molecule has 0 aromatic heterocycles. The molecule has 0 N–H and O–H groups in total. The number of carboxylic acid groups (broad SMARTS) is 1. The Kier molecular flexibility index (Phi) is 57.4. The topological polar surface area (TPSA) is 111 Å². The van der Waals surface area contributed by atoms with Gasteiger partial charge in [-0.2, -0.15) is 0 Å². The zero-order chi connectivity index (χ0) is 60.5. The van der Waals surface area contributed by atoms with Crippen LogP contribution in [0.1, 0.15) is 181 Å². The van der Waals surface area contributed by atoms with Crippen LogP contribution in [0.3, 0.4) is 0 Å². The highest BCUT2D eigenvalue weighted by Crippen LogP contribution is 2.11. The number of ether oxygens (including phenoxy) is 4. The summed E-state index contributed by atoms with van der Waals surface area (Å²) in [6.07, 6.45) is 94.6. The van der Waals surface area contributed by atoms with Crippen LogP contribution >= 0.6 is 0 Å². The van der Waals surface area contributed by atoms with Crippen molar-refractivity contribution in [1.82, 2.24) is 0 Å². The average molecular weight is 1140 g/mol. The van der Waals surface area contributed by atoms with E-state index in [9.17, 15) is 19.5 Å². The molecule has 0 radical (unpaired) electrons. The molecule has 9 heteroatoms. The van der Waals surface area contributed by atoms with Gasteiger partial charge >= 0.3 is 11.9 Å². The van der Waals surface area contributed by atoms with Gasteiger partial charge in [0.25, 0.3) is 0 Å². The number of nitrogens with zero attached hydrogens (tertiary/aromatic N) is 1. The molecule has 0 aliphatic carbocycles. The van der Waals surface area contributed by atoms with Gasteiger partial charge in [-0.15, -0.1) is 0 Å². The lowest BCUT2D eigenvalue weighted by Crippen LogP contribution is -2.44. The summed E-state index contributed by atoms with van der Waals surface area (Å²) < 4.78 is 22.6. The van der Waals surface area contributed by atoms with Crippen LogP contribution in [0.15, 0.2) is 207 Å². The van der Waals surface area contributed by atoms with Crippen molar-refractivity contribution in [2.75, 3.05) is 47.5 Å². The van der Waals surface area contributed by atoms with E-state index >= 15 is 0 Å². The Hall–Kier alpha value is -6.13. The highest BCUT2D eigenvalue weighted by atomic mass is 16.7. The highest BCUT2D eigenvalue weighted by Gasteiger charge is 2.22. The summed E-state index contributed by atoms with van der Waals surface area (Å²) in [6, 6.07) is 0. The van der Waals surface area contributed by atoms with Crippen LogP contribution in [-0.4, -0.2) is 82.3 Å². The number of carbonyl (C=O) groups is 3. The van der Waals surface area contributed by atoms with Crippen molar-refractivity contribution < 1.29 is 42.9 Å². The SMILES string of the molecule is CC/C=C\C/C=C\C/C=C\C/C=C\C/C=C\C/C=C\C/C=C\C/C=C\C/C=C\C/C=C\CCCCC(=O)OC(COC(=O)CCCCC/C=C\C/C=C\C/C=C\C/C=C\C/C=C\C/C=C\C/C=C\CC)COC(OCC[N+](C)(C)C)C(=O)[O-]. The predicted octanol–water partition coefficient (Wildman–Crippen LogP) is 17.9. The summed E-state index contributed by atoms with van der Waals surface area (Å²) in [7, 11) is 5.88. The smallest absolute Gasteiger partial charge is 0.306 e. The minimum absolute atomic E-state index is 0.120. The molecule has 0 aliphatic heterocycles. The predicted molar refractivity (Wildman–Crippen MR) is 351 cm³/mol. The van der Waals surface area contributed by atoms with E-state index in [1.165, 1.54) is 0 Å². The fourth-order valence-electron chi connectivity index (χ4n) is 7.31. The Morgan fingerprint density at radius 3 is 0.964 bits per heavy atom. The summed E-state index contributed by atoms with van der Waals surface area (Å²) in [6.45, 7) is 4.38. The molecule has 0 saturated heterocycles. The van der Waals surface area contributed by atoms with Gasteiger partial charge in [0.15, 0.2) is 12.4 Å². The molecule has 0 rings (SSSR count). The van der Waals surface area contributed by atoms with Gasteiger partial charge in [-0.3, -0.25) is 9.59 Å². The minimum atomic E-state index is -1.66. The van der Waals surface area contributed by atoms with Gasteiger partial charge in [0, 0.05) is 12.8 Å². The molecule has 83 heavy (non-hydrogen) atoms. The quantitative estimate of drug-likeness (QED) is 0.0195. The molecule has 9 nitrogen and oxygen atoms in total. The molecule has 0 aliphatic rings. The second kappa shape index (κ2) is 61.9. The van der Waals surface area contributed by atoms with Crippen LogP contribution in [0.2, 0.25) is 0 Å². The van der Waals surface area contributed by atoms with Gasteiger partial charge in [0.2, 0.25) is 0 Å². The van der Waals surface area contributed by atoms with Crippen LogP contribution in [0.4, 0.5) is 0 Å². The Morgan fingerprint density at radius 2 is 0.651 bits per heavy atom. The molecule has 2 unspecified atom stereocenters. The third kappa shape index (κ3) is 63.3. The van der Waals surface area contributed by atoms with E-state index in [0.717, 1.165) is 141 Å². The van der Waals surface area contributed by atoms with Gasteiger partial charge < -0.3 is 33.3 Å². The van der Waals surface area contributed by atoms with Gasteiger partial charge in [0.1, 0.15) is 13.2 Å². The van der Waals surface area contributed by atoms with Crippen molar-refractivity contribution in [1.29, 1.82) is 0 Å².